The van der Waals surface area contributed by atoms with Crippen molar-refractivity contribution < 1.29 is 13.2 Å². The fourth-order valence-electron chi connectivity index (χ4n) is 3.07. The fraction of sp³-hybridized carbons (Fsp3) is 0.471. The highest BCUT2D eigenvalue weighted by Gasteiger charge is 2.34. The van der Waals surface area contributed by atoms with Gasteiger partial charge in [-0.25, -0.2) is 0 Å². The van der Waals surface area contributed by atoms with E-state index in [1.54, 1.807) is 21.4 Å². The van der Waals surface area contributed by atoms with Crippen LogP contribution in [0.1, 0.15) is 18.4 Å². The van der Waals surface area contributed by atoms with Crippen molar-refractivity contribution in [2.24, 2.45) is 0 Å². The molecule has 2 saturated heterocycles. The van der Waals surface area contributed by atoms with Crippen molar-refractivity contribution in [3.8, 4) is 0 Å². The first-order chi connectivity index (χ1) is 12.0. The van der Waals surface area contributed by atoms with Crippen molar-refractivity contribution >= 4 is 38.1 Å². The number of amides is 1. The van der Waals surface area contributed by atoms with Crippen molar-refractivity contribution in [2.45, 2.75) is 12.8 Å². The Hall–Kier alpha value is -1.22. The van der Waals surface area contributed by atoms with Crippen molar-refractivity contribution in [3.63, 3.8) is 0 Å². The third kappa shape index (κ3) is 4.49. The van der Waals surface area contributed by atoms with E-state index in [0.29, 0.717) is 39.3 Å². The van der Waals surface area contributed by atoms with Gasteiger partial charge in [0.05, 0.1) is 0 Å². The second-order valence-corrected chi connectivity index (χ2v) is 9.07. The molecule has 2 aliphatic rings. The molecule has 2 fully saturated rings. The van der Waals surface area contributed by atoms with E-state index in [-0.39, 0.29) is 5.91 Å². The van der Waals surface area contributed by atoms with Crippen molar-refractivity contribution in [2.75, 3.05) is 39.3 Å². The van der Waals surface area contributed by atoms with Gasteiger partial charge < -0.3 is 4.90 Å². The van der Waals surface area contributed by atoms with Crippen LogP contribution < -0.4 is 0 Å². The minimum Gasteiger partial charge on any atom is -0.337 e. The van der Waals surface area contributed by atoms with Gasteiger partial charge in [-0.1, -0.05) is 28.1 Å². The molecular formula is C17H22BrN3O3S. The molecule has 2 aliphatic heterocycles. The minimum atomic E-state index is -3.36. The molecule has 0 unspecified atom stereocenters. The molecule has 25 heavy (non-hydrogen) atoms. The van der Waals surface area contributed by atoms with Crippen molar-refractivity contribution in [1.29, 1.82) is 0 Å². The molecule has 0 aliphatic carbocycles. The van der Waals surface area contributed by atoms with Crippen LogP contribution in [0.2, 0.25) is 0 Å². The normalized spacial score (nSPS) is 20.4. The number of rotatable bonds is 4. The molecule has 0 spiro atoms. The molecule has 1 aromatic carbocycles. The topological polar surface area (TPSA) is 60.9 Å². The van der Waals surface area contributed by atoms with Gasteiger partial charge in [-0.05, 0) is 36.6 Å². The third-order valence-corrected chi connectivity index (χ3v) is 7.12. The molecule has 0 saturated carbocycles. The summed E-state index contributed by atoms with van der Waals surface area (Å²) < 4.78 is 29.1. The Morgan fingerprint density at radius 3 is 2.08 bits per heavy atom. The maximum absolute atomic E-state index is 12.5. The monoisotopic (exact) mass is 427 g/mol. The molecule has 6 nitrogen and oxygen atoms in total. The summed E-state index contributed by atoms with van der Waals surface area (Å²) in [6, 6.07) is 7.70. The average molecular weight is 428 g/mol. The first kappa shape index (κ1) is 18.6. The zero-order valence-electron chi connectivity index (χ0n) is 14.0. The molecular weight excluding hydrogens is 406 g/mol. The first-order valence-corrected chi connectivity index (χ1v) is 10.6. The Morgan fingerprint density at radius 1 is 0.920 bits per heavy atom. The van der Waals surface area contributed by atoms with Crippen LogP contribution in [-0.4, -0.2) is 67.1 Å². The smallest absolute Gasteiger partial charge is 0.282 e. The maximum atomic E-state index is 12.5. The van der Waals surface area contributed by atoms with Crippen molar-refractivity contribution in [1.82, 2.24) is 13.5 Å². The number of carbonyl (C=O) groups is 1. The lowest BCUT2D eigenvalue weighted by Gasteiger charge is -2.35. The van der Waals surface area contributed by atoms with Crippen LogP contribution in [-0.2, 0) is 15.0 Å². The highest BCUT2D eigenvalue weighted by molar-refractivity contribution is 9.10. The van der Waals surface area contributed by atoms with Crippen LogP contribution in [0.4, 0.5) is 0 Å². The highest BCUT2D eigenvalue weighted by Crippen LogP contribution is 2.18. The predicted octanol–water partition coefficient (Wildman–Crippen LogP) is 1.95. The van der Waals surface area contributed by atoms with Gasteiger partial charge in [-0.2, -0.15) is 17.0 Å². The van der Waals surface area contributed by atoms with E-state index in [1.165, 1.54) is 4.31 Å². The van der Waals surface area contributed by atoms with E-state index in [1.807, 2.05) is 24.3 Å². The van der Waals surface area contributed by atoms with E-state index in [4.69, 9.17) is 0 Å². The van der Waals surface area contributed by atoms with Gasteiger partial charge in [0, 0.05) is 49.8 Å². The number of piperazine rings is 1. The van der Waals surface area contributed by atoms with Gasteiger partial charge in [-0.3, -0.25) is 4.79 Å². The zero-order valence-corrected chi connectivity index (χ0v) is 16.4. The number of hydrogen-bond donors (Lipinski definition) is 0. The molecule has 0 N–H and O–H groups in total. The van der Waals surface area contributed by atoms with Crippen molar-refractivity contribution in [3.05, 3.63) is 40.4 Å². The van der Waals surface area contributed by atoms with Gasteiger partial charge in [0.2, 0.25) is 5.91 Å². The largest absolute Gasteiger partial charge is 0.337 e. The van der Waals surface area contributed by atoms with Gasteiger partial charge in [0.25, 0.3) is 10.2 Å². The summed E-state index contributed by atoms with van der Waals surface area (Å²) in [6.07, 6.45) is 5.19. The summed E-state index contributed by atoms with van der Waals surface area (Å²) >= 11 is 3.38. The predicted molar refractivity (Wildman–Crippen MR) is 101 cm³/mol. The second-order valence-electron chi connectivity index (χ2n) is 6.22. The molecule has 0 aromatic heterocycles. The molecule has 136 valence electrons. The molecule has 0 atom stereocenters. The molecule has 1 amide bonds. The van der Waals surface area contributed by atoms with E-state index in [2.05, 4.69) is 15.9 Å². The Bertz CT molecular complexity index is 735. The lowest BCUT2D eigenvalue weighted by Crippen LogP contribution is -2.53. The summed E-state index contributed by atoms with van der Waals surface area (Å²) in [7, 11) is -3.36. The third-order valence-electron chi connectivity index (χ3n) is 4.56. The van der Waals surface area contributed by atoms with Gasteiger partial charge >= 0.3 is 0 Å². The minimum absolute atomic E-state index is 0.0823. The Labute approximate surface area is 157 Å². The summed E-state index contributed by atoms with van der Waals surface area (Å²) in [6.45, 7) is 2.79. The van der Waals surface area contributed by atoms with E-state index < -0.39 is 10.2 Å². The van der Waals surface area contributed by atoms with E-state index >= 15 is 0 Å². The SMILES string of the molecule is O=C(C=Cc1ccc(Br)cc1)N1CCN(S(=O)(=O)N2CCCC2)CC1. The molecule has 1 aromatic rings. The quantitative estimate of drug-likeness (QED) is 0.689. The number of halogens is 1. The number of nitrogens with zero attached hydrogens (tertiary/aromatic N) is 3. The lowest BCUT2D eigenvalue weighted by atomic mass is 10.2. The van der Waals surface area contributed by atoms with Crippen LogP contribution in [0.3, 0.4) is 0 Å². The molecule has 0 bridgehead atoms. The zero-order chi connectivity index (χ0) is 17.9. The number of carbonyl (C=O) groups excluding carboxylic acids is 1. The van der Waals surface area contributed by atoms with Gasteiger partial charge in [0.1, 0.15) is 0 Å². The molecule has 0 radical (unpaired) electrons. The summed E-state index contributed by atoms with van der Waals surface area (Å²) in [5, 5.41) is 0. The molecule has 3 rings (SSSR count). The number of benzene rings is 1. The van der Waals surface area contributed by atoms with Crippen LogP contribution in [0.25, 0.3) is 6.08 Å². The number of hydrogen-bond acceptors (Lipinski definition) is 3. The molecule has 8 heteroatoms. The highest BCUT2D eigenvalue weighted by atomic mass is 79.9. The molecule has 2 heterocycles. The lowest BCUT2D eigenvalue weighted by molar-refractivity contribution is -0.127. The van der Waals surface area contributed by atoms with E-state index in [0.717, 1.165) is 22.9 Å². The Morgan fingerprint density at radius 2 is 1.48 bits per heavy atom. The van der Waals surface area contributed by atoms with Crippen LogP contribution in [0.15, 0.2) is 34.8 Å². The first-order valence-electron chi connectivity index (χ1n) is 8.44. The van der Waals surface area contributed by atoms with Crippen LogP contribution in [0.5, 0.6) is 0 Å². The van der Waals surface area contributed by atoms with Crippen LogP contribution in [0, 0.1) is 0 Å². The maximum Gasteiger partial charge on any atom is 0.282 e. The summed E-state index contributed by atoms with van der Waals surface area (Å²) in [5.41, 5.74) is 0.951. The Kier molecular flexibility index (Phi) is 5.93. The van der Waals surface area contributed by atoms with Gasteiger partial charge in [-0.15, -0.1) is 0 Å². The second kappa shape index (κ2) is 7.99. The standard InChI is InChI=1S/C17H22BrN3O3S/c18-16-6-3-15(4-7-16)5-8-17(22)19-11-13-21(14-12-19)25(23,24)20-9-1-2-10-20/h3-8H,1-2,9-14H2. The Balaban J connectivity index is 1.54. The summed E-state index contributed by atoms with van der Waals surface area (Å²) in [4.78, 5) is 14.0. The summed E-state index contributed by atoms with van der Waals surface area (Å²) in [5.74, 6) is -0.0823. The van der Waals surface area contributed by atoms with Crippen LogP contribution >= 0.6 is 15.9 Å². The fourth-order valence-corrected chi connectivity index (χ4v) is 5.00. The van der Waals surface area contributed by atoms with E-state index in [9.17, 15) is 13.2 Å². The van der Waals surface area contributed by atoms with Gasteiger partial charge in [0.15, 0.2) is 0 Å². The average Bonchev–Trinajstić information content (AvgIpc) is 3.16.